The van der Waals surface area contributed by atoms with E-state index in [0.717, 1.165) is 10.0 Å². The highest BCUT2D eigenvalue weighted by Crippen LogP contribution is 2.21. The van der Waals surface area contributed by atoms with Gasteiger partial charge in [0.15, 0.2) is 6.61 Å². The molecule has 2 aromatic rings. The SMILES string of the molecule is CCOc1cccc(C(=O)NNC(=O)COc2ccc(Br)c(C)c2)c1. The number of carbonyl (C=O) groups excluding carboxylic acids is 2. The molecule has 0 unspecified atom stereocenters. The van der Waals surface area contributed by atoms with Gasteiger partial charge in [-0.1, -0.05) is 22.0 Å². The van der Waals surface area contributed by atoms with E-state index < -0.39 is 11.8 Å². The normalized spacial score (nSPS) is 10.0. The van der Waals surface area contributed by atoms with Crippen LogP contribution in [-0.4, -0.2) is 25.0 Å². The van der Waals surface area contributed by atoms with Gasteiger partial charge in [0.2, 0.25) is 0 Å². The van der Waals surface area contributed by atoms with E-state index in [9.17, 15) is 9.59 Å². The molecule has 132 valence electrons. The lowest BCUT2D eigenvalue weighted by Crippen LogP contribution is -2.43. The van der Waals surface area contributed by atoms with Crippen molar-refractivity contribution in [2.45, 2.75) is 13.8 Å². The topological polar surface area (TPSA) is 76.7 Å². The van der Waals surface area contributed by atoms with Crippen molar-refractivity contribution < 1.29 is 19.1 Å². The predicted octanol–water partition coefficient (Wildman–Crippen LogP) is 3.00. The maximum Gasteiger partial charge on any atom is 0.276 e. The summed E-state index contributed by atoms with van der Waals surface area (Å²) in [6, 6.07) is 12.1. The fourth-order valence-corrected chi connectivity index (χ4v) is 2.23. The van der Waals surface area contributed by atoms with Crippen LogP contribution in [0.1, 0.15) is 22.8 Å². The zero-order valence-electron chi connectivity index (χ0n) is 14.0. The van der Waals surface area contributed by atoms with Gasteiger partial charge in [-0.2, -0.15) is 0 Å². The molecule has 2 amide bonds. The van der Waals surface area contributed by atoms with Gasteiger partial charge in [-0.3, -0.25) is 20.4 Å². The summed E-state index contributed by atoms with van der Waals surface area (Å²) in [7, 11) is 0. The van der Waals surface area contributed by atoms with E-state index in [4.69, 9.17) is 9.47 Å². The maximum atomic E-state index is 12.0. The number of hydrazine groups is 1. The second-order valence-corrected chi connectivity index (χ2v) is 6.02. The summed E-state index contributed by atoms with van der Waals surface area (Å²) in [5, 5.41) is 0. The minimum absolute atomic E-state index is 0.208. The summed E-state index contributed by atoms with van der Waals surface area (Å²) in [6.07, 6.45) is 0. The molecule has 2 aromatic carbocycles. The van der Waals surface area contributed by atoms with Crippen molar-refractivity contribution in [2.75, 3.05) is 13.2 Å². The van der Waals surface area contributed by atoms with Crippen molar-refractivity contribution in [2.24, 2.45) is 0 Å². The van der Waals surface area contributed by atoms with Crippen LogP contribution in [0.15, 0.2) is 46.9 Å². The Bertz CT molecular complexity index is 764. The summed E-state index contributed by atoms with van der Waals surface area (Å²) < 4.78 is 11.7. The molecule has 2 N–H and O–H groups in total. The Morgan fingerprint density at radius 1 is 1.04 bits per heavy atom. The molecule has 25 heavy (non-hydrogen) atoms. The number of halogens is 1. The highest BCUT2D eigenvalue weighted by molar-refractivity contribution is 9.10. The third-order valence-corrected chi connectivity index (χ3v) is 4.11. The van der Waals surface area contributed by atoms with Gasteiger partial charge in [0, 0.05) is 10.0 Å². The number of hydrogen-bond acceptors (Lipinski definition) is 4. The van der Waals surface area contributed by atoms with Gasteiger partial charge in [-0.25, -0.2) is 0 Å². The number of nitrogens with one attached hydrogen (secondary N) is 2. The van der Waals surface area contributed by atoms with E-state index >= 15 is 0 Å². The standard InChI is InChI=1S/C18H19BrN2O4/c1-3-24-14-6-4-5-13(10-14)18(23)21-20-17(22)11-25-15-7-8-16(19)12(2)9-15/h4-10H,3,11H2,1-2H3,(H,20,22)(H,21,23). The highest BCUT2D eigenvalue weighted by Gasteiger charge is 2.09. The fraction of sp³-hybridized carbons (Fsp3) is 0.222. The summed E-state index contributed by atoms with van der Waals surface area (Å²) in [5.74, 6) is 0.270. The summed E-state index contributed by atoms with van der Waals surface area (Å²) in [5.41, 5.74) is 6.04. The fourth-order valence-electron chi connectivity index (χ4n) is 1.98. The Kier molecular flexibility index (Phi) is 6.82. The molecule has 0 spiro atoms. The molecule has 7 heteroatoms. The monoisotopic (exact) mass is 406 g/mol. The van der Waals surface area contributed by atoms with Crippen molar-refractivity contribution in [1.82, 2.24) is 10.9 Å². The summed E-state index contributed by atoms with van der Waals surface area (Å²) in [4.78, 5) is 23.8. The first kappa shape index (κ1) is 18.8. The maximum absolute atomic E-state index is 12.0. The van der Waals surface area contributed by atoms with Gasteiger partial charge in [-0.05, 0) is 55.8 Å². The van der Waals surface area contributed by atoms with Crippen molar-refractivity contribution in [1.29, 1.82) is 0 Å². The Hall–Kier alpha value is -2.54. The number of hydrogen-bond donors (Lipinski definition) is 2. The average Bonchev–Trinajstić information content (AvgIpc) is 2.61. The van der Waals surface area contributed by atoms with Crippen LogP contribution in [0, 0.1) is 6.92 Å². The number of ether oxygens (including phenoxy) is 2. The largest absolute Gasteiger partial charge is 0.494 e. The number of aryl methyl sites for hydroxylation is 1. The Labute approximate surface area is 154 Å². The average molecular weight is 407 g/mol. The van der Waals surface area contributed by atoms with Crippen LogP contribution in [0.3, 0.4) is 0 Å². The molecular weight excluding hydrogens is 388 g/mol. The quantitative estimate of drug-likeness (QED) is 0.722. The molecule has 0 aromatic heterocycles. The summed E-state index contributed by atoms with van der Waals surface area (Å²) in [6.45, 7) is 4.09. The van der Waals surface area contributed by atoms with Gasteiger partial charge in [0.1, 0.15) is 11.5 Å². The van der Waals surface area contributed by atoms with E-state index in [1.807, 2.05) is 26.0 Å². The third-order valence-electron chi connectivity index (χ3n) is 3.22. The van der Waals surface area contributed by atoms with Crippen LogP contribution >= 0.6 is 15.9 Å². The molecule has 0 saturated heterocycles. The minimum Gasteiger partial charge on any atom is -0.494 e. The van der Waals surface area contributed by atoms with E-state index in [-0.39, 0.29) is 6.61 Å². The number of benzene rings is 2. The van der Waals surface area contributed by atoms with Crippen molar-refractivity contribution in [3.05, 3.63) is 58.1 Å². The Morgan fingerprint density at radius 2 is 1.80 bits per heavy atom. The lowest BCUT2D eigenvalue weighted by Gasteiger charge is -2.10. The van der Waals surface area contributed by atoms with Crippen LogP contribution in [-0.2, 0) is 4.79 Å². The summed E-state index contributed by atoms with van der Waals surface area (Å²) >= 11 is 3.40. The number of rotatable bonds is 6. The van der Waals surface area contributed by atoms with Gasteiger partial charge < -0.3 is 9.47 Å². The molecule has 0 radical (unpaired) electrons. The van der Waals surface area contributed by atoms with E-state index in [1.165, 1.54) is 0 Å². The van der Waals surface area contributed by atoms with E-state index in [1.54, 1.807) is 30.3 Å². The molecule has 0 bridgehead atoms. The van der Waals surface area contributed by atoms with Crippen LogP contribution in [0.2, 0.25) is 0 Å². The van der Waals surface area contributed by atoms with Crippen LogP contribution in [0.4, 0.5) is 0 Å². The minimum atomic E-state index is -0.463. The zero-order chi connectivity index (χ0) is 18.2. The van der Waals surface area contributed by atoms with Crippen molar-refractivity contribution in [3.8, 4) is 11.5 Å². The van der Waals surface area contributed by atoms with Crippen molar-refractivity contribution >= 4 is 27.7 Å². The first-order valence-electron chi connectivity index (χ1n) is 7.70. The second kappa shape index (κ2) is 9.08. The number of amides is 2. The van der Waals surface area contributed by atoms with Gasteiger partial charge in [-0.15, -0.1) is 0 Å². The first-order valence-corrected chi connectivity index (χ1v) is 8.50. The second-order valence-electron chi connectivity index (χ2n) is 5.16. The molecule has 6 nitrogen and oxygen atoms in total. The predicted molar refractivity (Wildman–Crippen MR) is 97.6 cm³/mol. The van der Waals surface area contributed by atoms with Gasteiger partial charge >= 0.3 is 0 Å². The number of carbonyl (C=O) groups is 2. The lowest BCUT2D eigenvalue weighted by molar-refractivity contribution is -0.123. The molecule has 0 saturated carbocycles. The van der Waals surface area contributed by atoms with E-state index in [2.05, 4.69) is 26.8 Å². The molecule has 0 fully saturated rings. The van der Waals surface area contributed by atoms with Gasteiger partial charge in [0.25, 0.3) is 11.8 Å². The molecule has 0 aliphatic heterocycles. The zero-order valence-corrected chi connectivity index (χ0v) is 15.6. The van der Waals surface area contributed by atoms with Crippen LogP contribution in [0.25, 0.3) is 0 Å². The molecule has 0 aliphatic rings. The molecular formula is C18H19BrN2O4. The highest BCUT2D eigenvalue weighted by atomic mass is 79.9. The molecule has 0 aliphatic carbocycles. The third kappa shape index (κ3) is 5.79. The lowest BCUT2D eigenvalue weighted by atomic mass is 10.2. The van der Waals surface area contributed by atoms with Gasteiger partial charge in [0.05, 0.1) is 6.61 Å². The Balaban J connectivity index is 1.81. The first-order chi connectivity index (χ1) is 12.0. The van der Waals surface area contributed by atoms with E-state index in [0.29, 0.717) is 23.7 Å². The van der Waals surface area contributed by atoms with Crippen LogP contribution < -0.4 is 20.3 Å². The molecule has 0 atom stereocenters. The molecule has 0 heterocycles. The molecule has 2 rings (SSSR count). The Morgan fingerprint density at radius 3 is 2.52 bits per heavy atom. The van der Waals surface area contributed by atoms with Crippen LogP contribution in [0.5, 0.6) is 11.5 Å². The smallest absolute Gasteiger partial charge is 0.276 e. The van der Waals surface area contributed by atoms with Crippen molar-refractivity contribution in [3.63, 3.8) is 0 Å².